The van der Waals surface area contributed by atoms with Crippen molar-refractivity contribution in [3.8, 4) is 0 Å². The van der Waals surface area contributed by atoms with Crippen molar-refractivity contribution in [3.05, 3.63) is 0 Å². The van der Waals surface area contributed by atoms with Crippen LogP contribution < -0.4 is 11.1 Å². The molecule has 0 aromatic carbocycles. The minimum absolute atomic E-state index is 0. The van der Waals surface area contributed by atoms with E-state index in [-0.39, 0.29) is 24.0 Å². The lowest BCUT2D eigenvalue weighted by molar-refractivity contribution is 0.173. The number of rotatable bonds is 5. The SMILES string of the molecule is CCN1CCCC1CNC(N)=NCC1(C)CCC1.I. The zero-order chi connectivity index (χ0) is 13.0. The molecule has 1 saturated heterocycles. The standard InChI is InChI=1S/C14H28N4.HI/c1-3-18-9-4-6-12(18)10-16-13(15)17-11-14(2)7-5-8-14;/h12H,3-11H2,1-2H3,(H3,15,16,17);1H. The molecule has 0 spiro atoms. The van der Waals surface area contributed by atoms with Gasteiger partial charge in [-0.2, -0.15) is 0 Å². The van der Waals surface area contributed by atoms with Crippen molar-refractivity contribution in [3.63, 3.8) is 0 Å². The molecule has 3 N–H and O–H groups in total. The van der Waals surface area contributed by atoms with Gasteiger partial charge in [0.15, 0.2) is 5.96 Å². The first kappa shape index (κ1) is 17.0. The van der Waals surface area contributed by atoms with Crippen LogP contribution in [0.1, 0.15) is 46.0 Å². The first-order chi connectivity index (χ1) is 8.63. The van der Waals surface area contributed by atoms with Gasteiger partial charge in [-0.1, -0.05) is 20.3 Å². The fraction of sp³-hybridized carbons (Fsp3) is 0.929. The van der Waals surface area contributed by atoms with Gasteiger partial charge in [0, 0.05) is 19.1 Å². The third-order valence-corrected chi connectivity index (χ3v) is 4.62. The van der Waals surface area contributed by atoms with Gasteiger partial charge in [-0.3, -0.25) is 9.89 Å². The molecule has 0 aromatic heterocycles. The predicted molar refractivity (Wildman–Crippen MR) is 92.1 cm³/mol. The molecular formula is C14H29IN4. The van der Waals surface area contributed by atoms with Crippen LogP contribution in [0.15, 0.2) is 4.99 Å². The van der Waals surface area contributed by atoms with Gasteiger partial charge in [0.05, 0.1) is 0 Å². The summed E-state index contributed by atoms with van der Waals surface area (Å²) in [7, 11) is 0. The Hall–Kier alpha value is -0.0400. The molecule has 19 heavy (non-hydrogen) atoms. The van der Waals surface area contributed by atoms with Crippen LogP contribution in [-0.4, -0.2) is 43.1 Å². The lowest BCUT2D eigenvalue weighted by Gasteiger charge is -2.36. The second kappa shape index (κ2) is 7.67. The van der Waals surface area contributed by atoms with Gasteiger partial charge in [0.2, 0.25) is 0 Å². The van der Waals surface area contributed by atoms with Crippen LogP contribution in [0.2, 0.25) is 0 Å². The molecule has 2 fully saturated rings. The lowest BCUT2D eigenvalue weighted by atomic mass is 9.71. The van der Waals surface area contributed by atoms with Crippen molar-refractivity contribution in [2.24, 2.45) is 16.1 Å². The minimum atomic E-state index is 0. The first-order valence-corrected chi connectivity index (χ1v) is 7.41. The summed E-state index contributed by atoms with van der Waals surface area (Å²) in [4.78, 5) is 7.02. The number of likely N-dealkylation sites (N-methyl/N-ethyl adjacent to an activating group) is 1. The highest BCUT2D eigenvalue weighted by atomic mass is 127. The second-order valence-electron chi connectivity index (χ2n) is 6.17. The summed E-state index contributed by atoms with van der Waals surface area (Å²) in [6.07, 6.45) is 6.56. The number of hydrogen-bond acceptors (Lipinski definition) is 2. The van der Waals surface area contributed by atoms with Crippen LogP contribution in [0, 0.1) is 5.41 Å². The number of halogens is 1. The highest BCUT2D eigenvalue weighted by molar-refractivity contribution is 14.0. The molecule has 5 heteroatoms. The molecule has 1 aliphatic carbocycles. The molecular weight excluding hydrogens is 351 g/mol. The summed E-state index contributed by atoms with van der Waals surface area (Å²) in [5.41, 5.74) is 6.37. The predicted octanol–water partition coefficient (Wildman–Crippen LogP) is 2.18. The summed E-state index contributed by atoms with van der Waals surface area (Å²) in [6, 6.07) is 0.642. The maximum absolute atomic E-state index is 5.95. The summed E-state index contributed by atoms with van der Waals surface area (Å²) < 4.78 is 0. The fourth-order valence-electron chi connectivity index (χ4n) is 3.04. The molecule has 0 radical (unpaired) electrons. The van der Waals surface area contributed by atoms with E-state index in [1.54, 1.807) is 0 Å². The van der Waals surface area contributed by atoms with Crippen LogP contribution in [0.3, 0.4) is 0 Å². The van der Waals surface area contributed by atoms with E-state index >= 15 is 0 Å². The average molecular weight is 380 g/mol. The van der Waals surface area contributed by atoms with Gasteiger partial charge in [0.25, 0.3) is 0 Å². The molecule has 1 heterocycles. The number of likely N-dealkylation sites (tertiary alicyclic amines) is 1. The van der Waals surface area contributed by atoms with Crippen LogP contribution in [0.25, 0.3) is 0 Å². The monoisotopic (exact) mass is 380 g/mol. The molecule has 2 rings (SSSR count). The third-order valence-electron chi connectivity index (χ3n) is 4.62. The van der Waals surface area contributed by atoms with E-state index in [1.807, 2.05) is 0 Å². The van der Waals surface area contributed by atoms with Gasteiger partial charge in [-0.15, -0.1) is 24.0 Å². The fourth-order valence-corrected chi connectivity index (χ4v) is 3.04. The van der Waals surface area contributed by atoms with E-state index in [2.05, 4.69) is 29.1 Å². The Morgan fingerprint density at radius 2 is 2.16 bits per heavy atom. The van der Waals surface area contributed by atoms with E-state index in [9.17, 15) is 0 Å². The molecule has 0 amide bonds. The molecule has 0 bridgehead atoms. The molecule has 4 nitrogen and oxygen atoms in total. The van der Waals surface area contributed by atoms with Gasteiger partial charge >= 0.3 is 0 Å². The summed E-state index contributed by atoms with van der Waals surface area (Å²) in [5.74, 6) is 0.631. The van der Waals surface area contributed by atoms with Gasteiger partial charge in [-0.05, 0) is 44.2 Å². The lowest BCUT2D eigenvalue weighted by Crippen LogP contribution is -2.43. The Morgan fingerprint density at radius 1 is 1.42 bits per heavy atom. The van der Waals surface area contributed by atoms with E-state index in [0.717, 1.165) is 19.6 Å². The zero-order valence-electron chi connectivity index (χ0n) is 12.3. The highest BCUT2D eigenvalue weighted by Crippen LogP contribution is 2.40. The molecule has 112 valence electrons. The van der Waals surface area contributed by atoms with Gasteiger partial charge in [-0.25, -0.2) is 0 Å². The van der Waals surface area contributed by atoms with Crippen molar-refractivity contribution >= 4 is 29.9 Å². The number of guanidine groups is 1. The topological polar surface area (TPSA) is 53.6 Å². The number of aliphatic imine (C=N–C) groups is 1. The molecule has 1 saturated carbocycles. The smallest absolute Gasteiger partial charge is 0.188 e. The van der Waals surface area contributed by atoms with Crippen molar-refractivity contribution < 1.29 is 0 Å². The largest absolute Gasteiger partial charge is 0.370 e. The molecule has 0 aromatic rings. The Balaban J connectivity index is 0.00000180. The van der Waals surface area contributed by atoms with E-state index in [0.29, 0.717) is 17.4 Å². The van der Waals surface area contributed by atoms with E-state index in [4.69, 9.17) is 5.73 Å². The molecule has 1 unspecified atom stereocenters. The Bertz CT molecular complexity index is 302. The maximum Gasteiger partial charge on any atom is 0.188 e. The Labute approximate surface area is 134 Å². The van der Waals surface area contributed by atoms with Crippen LogP contribution in [0.4, 0.5) is 0 Å². The van der Waals surface area contributed by atoms with Crippen LogP contribution in [0.5, 0.6) is 0 Å². The maximum atomic E-state index is 5.95. The minimum Gasteiger partial charge on any atom is -0.370 e. The second-order valence-corrected chi connectivity index (χ2v) is 6.17. The van der Waals surface area contributed by atoms with Gasteiger partial charge < -0.3 is 11.1 Å². The van der Waals surface area contributed by atoms with Crippen molar-refractivity contribution in [2.75, 3.05) is 26.2 Å². The molecule has 2 aliphatic rings. The van der Waals surface area contributed by atoms with E-state index in [1.165, 1.54) is 38.6 Å². The number of nitrogens with two attached hydrogens (primary N) is 1. The number of hydrogen-bond donors (Lipinski definition) is 2. The molecule has 1 atom stereocenters. The Morgan fingerprint density at radius 3 is 2.74 bits per heavy atom. The quantitative estimate of drug-likeness (QED) is 0.437. The van der Waals surface area contributed by atoms with E-state index < -0.39 is 0 Å². The first-order valence-electron chi connectivity index (χ1n) is 7.41. The summed E-state index contributed by atoms with van der Waals surface area (Å²) in [6.45, 7) is 8.74. The average Bonchev–Trinajstić information content (AvgIpc) is 2.78. The number of nitrogens with one attached hydrogen (secondary N) is 1. The van der Waals surface area contributed by atoms with Crippen molar-refractivity contribution in [2.45, 2.75) is 52.0 Å². The molecule has 1 aliphatic heterocycles. The van der Waals surface area contributed by atoms with Gasteiger partial charge in [0.1, 0.15) is 0 Å². The van der Waals surface area contributed by atoms with Crippen molar-refractivity contribution in [1.82, 2.24) is 10.2 Å². The highest BCUT2D eigenvalue weighted by Gasteiger charge is 2.31. The van der Waals surface area contributed by atoms with Crippen LogP contribution in [-0.2, 0) is 0 Å². The third kappa shape index (κ3) is 4.77. The number of nitrogens with zero attached hydrogens (tertiary/aromatic N) is 2. The summed E-state index contributed by atoms with van der Waals surface area (Å²) in [5, 5.41) is 3.30. The zero-order valence-corrected chi connectivity index (χ0v) is 14.7. The summed E-state index contributed by atoms with van der Waals surface area (Å²) >= 11 is 0. The van der Waals surface area contributed by atoms with Crippen molar-refractivity contribution in [1.29, 1.82) is 0 Å². The van der Waals surface area contributed by atoms with Crippen LogP contribution >= 0.6 is 24.0 Å². The Kier molecular flexibility index (Phi) is 6.86. The normalized spacial score (nSPS) is 26.6.